The first-order valence-electron chi connectivity index (χ1n) is 10.4. The number of aromatic nitrogens is 3. The third-order valence-electron chi connectivity index (χ3n) is 5.17. The van der Waals surface area contributed by atoms with Crippen LogP contribution in [0.4, 0.5) is 0 Å². The summed E-state index contributed by atoms with van der Waals surface area (Å²) in [5.74, 6) is 0.0602. The smallest absolute Gasteiger partial charge is 0.254 e. The van der Waals surface area contributed by atoms with Crippen LogP contribution >= 0.6 is 0 Å². The molecule has 3 rings (SSSR count). The van der Waals surface area contributed by atoms with Crippen molar-refractivity contribution in [1.29, 1.82) is 0 Å². The first-order chi connectivity index (χ1) is 13.7. The Morgan fingerprint density at radius 1 is 1.14 bits per heavy atom. The van der Waals surface area contributed by atoms with E-state index in [9.17, 15) is 4.79 Å². The van der Waals surface area contributed by atoms with E-state index in [1.54, 1.807) is 6.20 Å². The minimum atomic E-state index is -0.0866. The molecule has 0 aliphatic rings. The molecule has 0 aliphatic heterocycles. The van der Waals surface area contributed by atoms with Crippen LogP contribution in [0, 0.1) is 0 Å². The molecule has 3 aromatic rings. The van der Waals surface area contributed by atoms with E-state index in [0.717, 1.165) is 29.9 Å². The fourth-order valence-corrected chi connectivity index (χ4v) is 3.45. The summed E-state index contributed by atoms with van der Waals surface area (Å²) in [6.07, 6.45) is 3.52. The summed E-state index contributed by atoms with van der Waals surface area (Å²) in [5, 5.41) is 7.92. The number of carbonyl (C=O) groups excluding carboxylic acids is 1. The van der Waals surface area contributed by atoms with Crippen LogP contribution in [0.2, 0.25) is 0 Å². The lowest BCUT2D eigenvalue weighted by Gasteiger charge is -2.18. The number of amides is 1. The number of nitrogens with zero attached hydrogens (tertiary/aromatic N) is 3. The van der Waals surface area contributed by atoms with E-state index in [4.69, 9.17) is 5.10 Å². The summed E-state index contributed by atoms with van der Waals surface area (Å²) in [6.45, 7) is 12.6. The van der Waals surface area contributed by atoms with Gasteiger partial charge in [0.1, 0.15) is 0 Å². The highest BCUT2D eigenvalue weighted by Gasteiger charge is 2.24. The summed E-state index contributed by atoms with van der Waals surface area (Å²) in [6, 6.07) is 12.4. The fraction of sp³-hybridized carbons (Fsp3) is 0.458. The standard InChI is InChI=1S/C24H32N4O/c1-16(2)22-19(15-25-21-14-20(24(4,5)6)27-28(21)22)23(29)26-17(3)12-13-18-10-8-7-9-11-18/h7-11,14-17H,12-13H2,1-6H3,(H,26,29)/t17-/m1/s1. The predicted octanol–water partition coefficient (Wildman–Crippen LogP) is 4.90. The maximum absolute atomic E-state index is 13.0. The van der Waals surface area contributed by atoms with Crippen molar-refractivity contribution in [3.05, 3.63) is 65.1 Å². The van der Waals surface area contributed by atoms with E-state index in [0.29, 0.717) is 5.56 Å². The number of benzene rings is 1. The topological polar surface area (TPSA) is 59.3 Å². The predicted molar refractivity (Wildman–Crippen MR) is 117 cm³/mol. The number of hydrogen-bond acceptors (Lipinski definition) is 3. The Balaban J connectivity index is 1.82. The molecule has 0 radical (unpaired) electrons. The molecule has 154 valence electrons. The van der Waals surface area contributed by atoms with Gasteiger partial charge in [-0.15, -0.1) is 0 Å². The monoisotopic (exact) mass is 392 g/mol. The van der Waals surface area contributed by atoms with E-state index in [2.05, 4.69) is 57.1 Å². The second kappa shape index (κ2) is 8.36. The van der Waals surface area contributed by atoms with Gasteiger partial charge in [0, 0.05) is 23.7 Å². The summed E-state index contributed by atoms with van der Waals surface area (Å²) < 4.78 is 1.84. The van der Waals surface area contributed by atoms with Gasteiger partial charge in [-0.1, -0.05) is 65.0 Å². The third-order valence-corrected chi connectivity index (χ3v) is 5.17. The highest BCUT2D eigenvalue weighted by Crippen LogP contribution is 2.25. The molecule has 5 heteroatoms. The van der Waals surface area contributed by atoms with Crippen LogP contribution in [0.5, 0.6) is 0 Å². The number of fused-ring (bicyclic) bond motifs is 1. The van der Waals surface area contributed by atoms with Gasteiger partial charge >= 0.3 is 0 Å². The summed E-state index contributed by atoms with van der Waals surface area (Å²) >= 11 is 0. The molecule has 2 heterocycles. The van der Waals surface area contributed by atoms with E-state index >= 15 is 0 Å². The molecule has 0 spiro atoms. The van der Waals surface area contributed by atoms with Gasteiger partial charge in [-0.25, -0.2) is 9.50 Å². The van der Waals surface area contributed by atoms with Gasteiger partial charge in [0.05, 0.1) is 17.0 Å². The highest BCUT2D eigenvalue weighted by molar-refractivity contribution is 5.95. The van der Waals surface area contributed by atoms with Gasteiger partial charge in [-0.05, 0) is 31.2 Å². The van der Waals surface area contributed by atoms with Crippen molar-refractivity contribution in [1.82, 2.24) is 19.9 Å². The maximum atomic E-state index is 13.0. The Morgan fingerprint density at radius 3 is 2.45 bits per heavy atom. The van der Waals surface area contributed by atoms with Crippen LogP contribution in [0.25, 0.3) is 5.65 Å². The van der Waals surface area contributed by atoms with Crippen molar-refractivity contribution >= 4 is 11.6 Å². The maximum Gasteiger partial charge on any atom is 0.254 e. The molecule has 0 fully saturated rings. The lowest BCUT2D eigenvalue weighted by Crippen LogP contribution is -2.34. The van der Waals surface area contributed by atoms with Crippen LogP contribution < -0.4 is 5.32 Å². The van der Waals surface area contributed by atoms with E-state index in [-0.39, 0.29) is 23.3 Å². The average Bonchev–Trinajstić information content (AvgIpc) is 3.11. The largest absolute Gasteiger partial charge is 0.349 e. The summed E-state index contributed by atoms with van der Waals surface area (Å²) in [7, 11) is 0. The van der Waals surface area contributed by atoms with Crippen molar-refractivity contribution in [3.8, 4) is 0 Å². The summed E-state index contributed by atoms with van der Waals surface area (Å²) in [4.78, 5) is 17.6. The normalized spacial score (nSPS) is 13.1. The first kappa shape index (κ1) is 21.0. The molecule has 1 atom stereocenters. The molecule has 2 aromatic heterocycles. The third kappa shape index (κ3) is 4.84. The van der Waals surface area contributed by atoms with E-state index < -0.39 is 0 Å². The number of nitrogens with one attached hydrogen (secondary N) is 1. The molecule has 1 aromatic carbocycles. The second-order valence-electron chi connectivity index (χ2n) is 9.16. The molecule has 1 N–H and O–H groups in total. The number of hydrogen-bond donors (Lipinski definition) is 1. The minimum Gasteiger partial charge on any atom is -0.349 e. The molecule has 0 bridgehead atoms. The number of rotatable bonds is 6. The Morgan fingerprint density at radius 2 is 1.83 bits per heavy atom. The molecule has 5 nitrogen and oxygen atoms in total. The molecule has 0 unspecified atom stereocenters. The zero-order valence-electron chi connectivity index (χ0n) is 18.4. The Hall–Kier alpha value is -2.69. The van der Waals surface area contributed by atoms with E-state index in [1.807, 2.05) is 35.7 Å². The quantitative estimate of drug-likeness (QED) is 0.649. The highest BCUT2D eigenvalue weighted by atomic mass is 16.1. The lowest BCUT2D eigenvalue weighted by molar-refractivity contribution is 0.0936. The van der Waals surface area contributed by atoms with Crippen molar-refractivity contribution in [2.45, 2.75) is 71.8 Å². The van der Waals surface area contributed by atoms with Gasteiger partial charge in [-0.3, -0.25) is 4.79 Å². The Labute approximate surface area is 173 Å². The van der Waals surface area contributed by atoms with Gasteiger partial charge < -0.3 is 5.32 Å². The zero-order chi connectivity index (χ0) is 21.2. The van der Waals surface area contributed by atoms with Crippen molar-refractivity contribution in [2.24, 2.45) is 0 Å². The van der Waals surface area contributed by atoms with Crippen molar-refractivity contribution in [2.75, 3.05) is 0 Å². The van der Waals surface area contributed by atoms with Gasteiger partial charge in [0.2, 0.25) is 0 Å². The molecule has 1 amide bonds. The molecular weight excluding hydrogens is 360 g/mol. The zero-order valence-corrected chi connectivity index (χ0v) is 18.4. The molecule has 0 saturated heterocycles. The average molecular weight is 393 g/mol. The molecule has 0 aliphatic carbocycles. The van der Waals surface area contributed by atoms with Crippen LogP contribution in [-0.2, 0) is 11.8 Å². The number of aryl methyl sites for hydroxylation is 1. The first-order valence-corrected chi connectivity index (χ1v) is 10.4. The van der Waals surface area contributed by atoms with Gasteiger partial charge in [-0.2, -0.15) is 5.10 Å². The Bertz CT molecular complexity index is 983. The SMILES string of the molecule is CC(C)c1c(C(=O)N[C@H](C)CCc2ccccc2)cnc2cc(C(C)(C)C)nn12. The fourth-order valence-electron chi connectivity index (χ4n) is 3.45. The molecule has 0 saturated carbocycles. The molecular formula is C24H32N4O. The second-order valence-corrected chi connectivity index (χ2v) is 9.16. The minimum absolute atomic E-state index is 0.0705. The van der Waals surface area contributed by atoms with Crippen LogP contribution in [0.1, 0.15) is 81.2 Å². The van der Waals surface area contributed by atoms with E-state index in [1.165, 1.54) is 5.56 Å². The van der Waals surface area contributed by atoms with Crippen LogP contribution in [0.15, 0.2) is 42.6 Å². The Kier molecular flexibility index (Phi) is 6.06. The van der Waals surface area contributed by atoms with Crippen LogP contribution in [-0.4, -0.2) is 26.5 Å². The van der Waals surface area contributed by atoms with Gasteiger partial charge in [0.25, 0.3) is 5.91 Å². The van der Waals surface area contributed by atoms with Crippen molar-refractivity contribution in [3.63, 3.8) is 0 Å². The van der Waals surface area contributed by atoms with Crippen molar-refractivity contribution < 1.29 is 4.79 Å². The lowest BCUT2D eigenvalue weighted by atomic mass is 9.93. The van der Waals surface area contributed by atoms with Gasteiger partial charge in [0.15, 0.2) is 5.65 Å². The van der Waals surface area contributed by atoms with Crippen LogP contribution in [0.3, 0.4) is 0 Å². The number of carbonyl (C=O) groups is 1. The molecule has 29 heavy (non-hydrogen) atoms. The summed E-state index contributed by atoms with van der Waals surface area (Å²) in [5.41, 5.74) is 4.47.